The number of hydrogen-bond donors (Lipinski definition) is 2. The van der Waals surface area contributed by atoms with Crippen molar-refractivity contribution in [2.75, 3.05) is 22.1 Å². The van der Waals surface area contributed by atoms with Crippen molar-refractivity contribution in [3.8, 4) is 0 Å². The van der Waals surface area contributed by atoms with Crippen molar-refractivity contribution < 1.29 is 9.59 Å². The second-order valence-electron chi connectivity index (χ2n) is 5.55. The number of carbonyl (C=O) groups excluding carboxylic acids is 2. The molecule has 7 heteroatoms. The molecule has 0 unspecified atom stereocenters. The van der Waals surface area contributed by atoms with Gasteiger partial charge in [-0.1, -0.05) is 12.1 Å². The molecule has 0 aliphatic heterocycles. The quantitative estimate of drug-likeness (QED) is 0.708. The predicted molar refractivity (Wildman–Crippen MR) is 102 cm³/mol. The van der Waals surface area contributed by atoms with Gasteiger partial charge in [0.1, 0.15) is 11.6 Å². The maximum atomic E-state index is 11.9. The molecule has 2 aromatic heterocycles. The van der Waals surface area contributed by atoms with E-state index in [0.717, 1.165) is 11.1 Å². The molecule has 0 spiro atoms. The molecule has 2 rings (SSSR count). The number of carbonyl (C=O) groups is 2. The highest BCUT2D eigenvalue weighted by Gasteiger charge is 2.07. The van der Waals surface area contributed by atoms with E-state index in [1.165, 1.54) is 0 Å². The number of amides is 2. The van der Waals surface area contributed by atoms with Crippen LogP contribution < -0.4 is 10.6 Å². The lowest BCUT2D eigenvalue weighted by molar-refractivity contribution is -0.116. The number of aryl methyl sites for hydroxylation is 2. The van der Waals surface area contributed by atoms with Crippen LogP contribution in [0.3, 0.4) is 0 Å². The molecule has 2 heterocycles. The van der Waals surface area contributed by atoms with E-state index >= 15 is 0 Å². The minimum atomic E-state index is -0.0668. The summed E-state index contributed by atoms with van der Waals surface area (Å²) in [4.78, 5) is 32.0. The Labute approximate surface area is 151 Å². The Morgan fingerprint density at radius 2 is 1.32 bits per heavy atom. The van der Waals surface area contributed by atoms with E-state index in [0.29, 0.717) is 36.0 Å². The molecule has 0 saturated heterocycles. The minimum Gasteiger partial charge on any atom is -0.310 e. The van der Waals surface area contributed by atoms with Gasteiger partial charge >= 0.3 is 0 Å². The first-order valence-corrected chi connectivity index (χ1v) is 9.22. The highest BCUT2D eigenvalue weighted by molar-refractivity contribution is 7.99. The van der Waals surface area contributed by atoms with Crippen molar-refractivity contribution in [2.45, 2.75) is 26.7 Å². The fourth-order valence-corrected chi connectivity index (χ4v) is 2.92. The Hall–Kier alpha value is -2.41. The zero-order chi connectivity index (χ0) is 18.1. The molecule has 0 aliphatic rings. The van der Waals surface area contributed by atoms with Gasteiger partial charge < -0.3 is 10.6 Å². The summed E-state index contributed by atoms with van der Waals surface area (Å²) in [5.41, 5.74) is 1.87. The van der Waals surface area contributed by atoms with Gasteiger partial charge in [-0.25, -0.2) is 9.97 Å². The second kappa shape index (κ2) is 9.78. The fraction of sp³-hybridized carbons (Fsp3) is 0.333. The van der Waals surface area contributed by atoms with E-state index in [4.69, 9.17) is 0 Å². The molecule has 0 bridgehead atoms. The zero-order valence-corrected chi connectivity index (χ0v) is 15.2. The molecule has 0 fully saturated rings. The van der Waals surface area contributed by atoms with Crippen molar-refractivity contribution in [1.82, 2.24) is 9.97 Å². The number of nitrogens with zero attached hydrogens (tertiary/aromatic N) is 2. The monoisotopic (exact) mass is 358 g/mol. The van der Waals surface area contributed by atoms with Gasteiger partial charge in [-0.15, -0.1) is 0 Å². The van der Waals surface area contributed by atoms with Crippen molar-refractivity contribution >= 4 is 35.2 Å². The maximum absolute atomic E-state index is 11.9. The van der Waals surface area contributed by atoms with Crippen LogP contribution in [0.25, 0.3) is 0 Å². The summed E-state index contributed by atoms with van der Waals surface area (Å²) < 4.78 is 0. The molecular formula is C18H22N4O2S. The smallest absolute Gasteiger partial charge is 0.226 e. The standard InChI is InChI=1S/C18H22N4O2S/c1-13-5-3-9-19-17(13)21-15(23)7-11-25-12-8-16(24)22-18-14(2)6-4-10-20-18/h3-6,9-10H,7-8,11-12H2,1-2H3,(H,19,21,23)(H,20,22,24). The molecule has 0 radical (unpaired) electrons. The Balaban J connectivity index is 1.61. The van der Waals surface area contributed by atoms with Crippen LogP contribution >= 0.6 is 11.8 Å². The Bertz CT molecular complexity index is 675. The van der Waals surface area contributed by atoms with Crippen LogP contribution in [0.15, 0.2) is 36.7 Å². The molecule has 2 aromatic rings. The van der Waals surface area contributed by atoms with Gasteiger partial charge in [0.25, 0.3) is 0 Å². The maximum Gasteiger partial charge on any atom is 0.226 e. The van der Waals surface area contributed by atoms with Gasteiger partial charge in [0, 0.05) is 36.7 Å². The lowest BCUT2D eigenvalue weighted by atomic mass is 10.3. The third kappa shape index (κ3) is 6.54. The van der Waals surface area contributed by atoms with Crippen molar-refractivity contribution in [3.05, 3.63) is 47.8 Å². The van der Waals surface area contributed by atoms with E-state index in [9.17, 15) is 9.59 Å². The minimum absolute atomic E-state index is 0.0668. The number of rotatable bonds is 8. The van der Waals surface area contributed by atoms with Crippen LogP contribution in [0.4, 0.5) is 11.6 Å². The van der Waals surface area contributed by atoms with Crippen molar-refractivity contribution in [3.63, 3.8) is 0 Å². The highest BCUT2D eigenvalue weighted by atomic mass is 32.2. The van der Waals surface area contributed by atoms with E-state index in [1.54, 1.807) is 24.2 Å². The molecule has 2 amide bonds. The van der Waals surface area contributed by atoms with Crippen molar-refractivity contribution in [2.24, 2.45) is 0 Å². The second-order valence-corrected chi connectivity index (χ2v) is 6.77. The van der Waals surface area contributed by atoms with Crippen LogP contribution in [0.5, 0.6) is 0 Å². The van der Waals surface area contributed by atoms with E-state index in [1.807, 2.05) is 38.1 Å². The molecule has 25 heavy (non-hydrogen) atoms. The van der Waals surface area contributed by atoms with Gasteiger partial charge in [-0.3, -0.25) is 9.59 Å². The fourth-order valence-electron chi connectivity index (χ4n) is 2.05. The summed E-state index contributed by atoms with van der Waals surface area (Å²) in [6.45, 7) is 3.80. The molecule has 6 nitrogen and oxygen atoms in total. The average Bonchev–Trinajstić information content (AvgIpc) is 2.59. The number of thioether (sulfide) groups is 1. The topological polar surface area (TPSA) is 84.0 Å². The van der Waals surface area contributed by atoms with Gasteiger partial charge in [0.05, 0.1) is 0 Å². The molecule has 0 aliphatic carbocycles. The van der Waals surface area contributed by atoms with Gasteiger partial charge in [-0.2, -0.15) is 11.8 Å². The summed E-state index contributed by atoms with van der Waals surface area (Å²) >= 11 is 1.58. The van der Waals surface area contributed by atoms with Crippen LogP contribution in [0.1, 0.15) is 24.0 Å². The van der Waals surface area contributed by atoms with Gasteiger partial charge in [0.15, 0.2) is 0 Å². The Kier molecular flexibility index (Phi) is 7.40. The summed E-state index contributed by atoms with van der Waals surface area (Å²) in [5, 5.41) is 5.60. The van der Waals surface area contributed by atoms with E-state index in [-0.39, 0.29) is 11.8 Å². The van der Waals surface area contributed by atoms with Gasteiger partial charge in [-0.05, 0) is 37.1 Å². The predicted octanol–water partition coefficient (Wildman–Crippen LogP) is 3.18. The molecular weight excluding hydrogens is 336 g/mol. The lowest BCUT2D eigenvalue weighted by Gasteiger charge is -2.07. The SMILES string of the molecule is Cc1cccnc1NC(=O)CCSCCC(=O)Nc1ncccc1C. The third-order valence-corrected chi connectivity index (χ3v) is 4.47. The normalized spacial score (nSPS) is 10.3. The van der Waals surface area contributed by atoms with Crippen molar-refractivity contribution in [1.29, 1.82) is 0 Å². The van der Waals surface area contributed by atoms with Crippen LogP contribution in [0.2, 0.25) is 0 Å². The summed E-state index contributed by atoms with van der Waals surface area (Å²) in [7, 11) is 0. The first kappa shape index (κ1) is 18.9. The molecule has 0 atom stereocenters. The largest absolute Gasteiger partial charge is 0.310 e. The molecule has 132 valence electrons. The molecule has 2 N–H and O–H groups in total. The van der Waals surface area contributed by atoms with Crippen LogP contribution in [0, 0.1) is 13.8 Å². The van der Waals surface area contributed by atoms with E-state index in [2.05, 4.69) is 20.6 Å². The number of aromatic nitrogens is 2. The number of nitrogens with one attached hydrogen (secondary N) is 2. The third-order valence-electron chi connectivity index (χ3n) is 3.48. The number of anilines is 2. The van der Waals surface area contributed by atoms with E-state index < -0.39 is 0 Å². The first-order valence-electron chi connectivity index (χ1n) is 8.07. The summed E-state index contributed by atoms with van der Waals surface area (Å²) in [5.74, 6) is 2.39. The van der Waals surface area contributed by atoms with Crippen LogP contribution in [-0.4, -0.2) is 33.3 Å². The lowest BCUT2D eigenvalue weighted by Crippen LogP contribution is -2.15. The zero-order valence-electron chi connectivity index (χ0n) is 14.4. The number of pyridine rings is 2. The Morgan fingerprint density at radius 1 is 0.880 bits per heavy atom. The first-order chi connectivity index (χ1) is 12.1. The molecule has 0 aromatic carbocycles. The summed E-state index contributed by atoms with van der Waals surface area (Å²) in [6, 6.07) is 7.47. The van der Waals surface area contributed by atoms with Crippen LogP contribution in [-0.2, 0) is 9.59 Å². The average molecular weight is 358 g/mol. The molecule has 0 saturated carbocycles. The Morgan fingerprint density at radius 3 is 1.72 bits per heavy atom. The number of hydrogen-bond acceptors (Lipinski definition) is 5. The van der Waals surface area contributed by atoms with Gasteiger partial charge in [0.2, 0.25) is 11.8 Å². The highest BCUT2D eigenvalue weighted by Crippen LogP contribution is 2.12. The summed E-state index contributed by atoms with van der Waals surface area (Å²) in [6.07, 6.45) is 4.09.